The van der Waals surface area contributed by atoms with Gasteiger partial charge in [0, 0.05) is 45.0 Å². The standard InChI is InChI=1S/C22H34N4O5/c1-5-16-30-19(27)17-6-8-18(9-7-17)24-20(28)23-10-11-25-12-14-26(15-13-25)21(29)31-22(2,3)4/h6-9H,5,10-16H2,1-4H3,(H2,23,24,28). The summed E-state index contributed by atoms with van der Waals surface area (Å²) in [6.07, 6.45) is 0.486. The normalized spacial score (nSPS) is 14.6. The molecule has 1 aliphatic heterocycles. The number of rotatable bonds is 7. The quantitative estimate of drug-likeness (QED) is 0.640. The fraction of sp³-hybridized carbons (Fsp3) is 0.591. The van der Waals surface area contributed by atoms with Gasteiger partial charge in [0.25, 0.3) is 0 Å². The number of hydrogen-bond donors (Lipinski definition) is 2. The average Bonchev–Trinajstić information content (AvgIpc) is 2.71. The SMILES string of the molecule is CCCOC(=O)c1ccc(NC(=O)NCCN2CCN(C(=O)OC(C)(C)C)CC2)cc1. The average molecular weight is 435 g/mol. The van der Waals surface area contributed by atoms with E-state index in [0.717, 1.165) is 19.5 Å². The molecular formula is C22H34N4O5. The van der Waals surface area contributed by atoms with Crippen molar-refractivity contribution in [3.8, 4) is 0 Å². The Kier molecular flexibility index (Phi) is 9.11. The van der Waals surface area contributed by atoms with Crippen molar-refractivity contribution in [2.24, 2.45) is 0 Å². The Morgan fingerprint density at radius 3 is 2.26 bits per heavy atom. The van der Waals surface area contributed by atoms with Crippen molar-refractivity contribution in [2.75, 3.05) is 51.2 Å². The number of benzene rings is 1. The van der Waals surface area contributed by atoms with Crippen LogP contribution in [0.15, 0.2) is 24.3 Å². The van der Waals surface area contributed by atoms with Crippen LogP contribution in [0, 0.1) is 0 Å². The van der Waals surface area contributed by atoms with E-state index in [4.69, 9.17) is 9.47 Å². The number of nitrogens with one attached hydrogen (secondary N) is 2. The van der Waals surface area contributed by atoms with E-state index in [1.807, 2.05) is 27.7 Å². The maximum absolute atomic E-state index is 12.1. The lowest BCUT2D eigenvalue weighted by Crippen LogP contribution is -2.51. The van der Waals surface area contributed by atoms with Gasteiger partial charge in [0.2, 0.25) is 0 Å². The summed E-state index contributed by atoms with van der Waals surface area (Å²) in [5.74, 6) is -0.371. The zero-order valence-electron chi connectivity index (χ0n) is 18.9. The summed E-state index contributed by atoms with van der Waals surface area (Å²) in [6.45, 7) is 11.7. The second-order valence-corrected chi connectivity index (χ2v) is 8.40. The van der Waals surface area contributed by atoms with Gasteiger partial charge >= 0.3 is 18.1 Å². The maximum Gasteiger partial charge on any atom is 0.410 e. The van der Waals surface area contributed by atoms with Crippen LogP contribution in [0.4, 0.5) is 15.3 Å². The van der Waals surface area contributed by atoms with Gasteiger partial charge in [-0.25, -0.2) is 14.4 Å². The Bertz CT molecular complexity index is 737. The molecule has 0 aliphatic carbocycles. The van der Waals surface area contributed by atoms with Gasteiger partial charge in [-0.3, -0.25) is 4.90 Å². The minimum absolute atomic E-state index is 0.283. The number of urea groups is 1. The molecule has 2 rings (SSSR count). The zero-order valence-corrected chi connectivity index (χ0v) is 18.9. The van der Waals surface area contributed by atoms with Gasteiger partial charge in [-0.1, -0.05) is 6.92 Å². The fourth-order valence-corrected chi connectivity index (χ4v) is 2.95. The van der Waals surface area contributed by atoms with Crippen LogP contribution in [0.5, 0.6) is 0 Å². The summed E-state index contributed by atoms with van der Waals surface area (Å²) in [5, 5.41) is 5.56. The first-order valence-corrected chi connectivity index (χ1v) is 10.7. The van der Waals surface area contributed by atoms with Crippen molar-refractivity contribution in [3.05, 3.63) is 29.8 Å². The largest absolute Gasteiger partial charge is 0.462 e. The lowest BCUT2D eigenvalue weighted by molar-refractivity contribution is 0.0147. The van der Waals surface area contributed by atoms with Crippen molar-refractivity contribution in [1.29, 1.82) is 0 Å². The molecule has 0 unspecified atom stereocenters. The number of anilines is 1. The lowest BCUT2D eigenvalue weighted by atomic mass is 10.2. The van der Waals surface area contributed by atoms with E-state index in [2.05, 4.69) is 15.5 Å². The van der Waals surface area contributed by atoms with E-state index in [1.54, 1.807) is 29.2 Å². The predicted octanol–water partition coefficient (Wildman–Crippen LogP) is 2.93. The molecule has 1 saturated heterocycles. The summed E-state index contributed by atoms with van der Waals surface area (Å²) in [6, 6.07) is 6.26. The number of ether oxygens (including phenoxy) is 2. The highest BCUT2D eigenvalue weighted by Crippen LogP contribution is 2.12. The molecule has 1 aliphatic rings. The minimum atomic E-state index is -0.496. The van der Waals surface area contributed by atoms with Crippen LogP contribution in [0.1, 0.15) is 44.5 Å². The van der Waals surface area contributed by atoms with E-state index in [-0.39, 0.29) is 18.1 Å². The van der Waals surface area contributed by atoms with Crippen LogP contribution in [-0.2, 0) is 9.47 Å². The molecular weight excluding hydrogens is 400 g/mol. The number of carbonyl (C=O) groups excluding carboxylic acids is 3. The third-order valence-electron chi connectivity index (χ3n) is 4.55. The molecule has 172 valence electrons. The van der Waals surface area contributed by atoms with Gasteiger partial charge in [-0.05, 0) is 51.5 Å². The first kappa shape index (κ1) is 24.5. The van der Waals surface area contributed by atoms with Crippen LogP contribution < -0.4 is 10.6 Å². The molecule has 0 spiro atoms. The summed E-state index contributed by atoms with van der Waals surface area (Å²) in [5.41, 5.74) is 0.546. The molecule has 1 heterocycles. The second-order valence-electron chi connectivity index (χ2n) is 8.40. The molecule has 3 amide bonds. The molecule has 0 radical (unpaired) electrons. The van der Waals surface area contributed by atoms with Gasteiger partial charge < -0.3 is 25.0 Å². The summed E-state index contributed by atoms with van der Waals surface area (Å²) >= 11 is 0. The second kappa shape index (κ2) is 11.5. The third kappa shape index (κ3) is 8.84. The lowest BCUT2D eigenvalue weighted by Gasteiger charge is -2.35. The zero-order chi connectivity index (χ0) is 22.9. The molecule has 1 fully saturated rings. The van der Waals surface area contributed by atoms with Crippen LogP contribution >= 0.6 is 0 Å². The molecule has 0 atom stereocenters. The van der Waals surface area contributed by atoms with Crippen LogP contribution in [0.3, 0.4) is 0 Å². The Hall–Kier alpha value is -2.81. The van der Waals surface area contributed by atoms with E-state index in [1.165, 1.54) is 0 Å². The van der Waals surface area contributed by atoms with Crippen LogP contribution in [0.2, 0.25) is 0 Å². The number of nitrogens with zero attached hydrogens (tertiary/aromatic N) is 2. The highest BCUT2D eigenvalue weighted by atomic mass is 16.6. The Morgan fingerprint density at radius 1 is 1.03 bits per heavy atom. The smallest absolute Gasteiger partial charge is 0.410 e. The molecule has 1 aromatic carbocycles. The summed E-state index contributed by atoms with van der Waals surface area (Å²) in [4.78, 5) is 39.9. The van der Waals surface area contributed by atoms with Crippen LogP contribution in [0.25, 0.3) is 0 Å². The van der Waals surface area contributed by atoms with E-state index >= 15 is 0 Å². The summed E-state index contributed by atoms with van der Waals surface area (Å²) in [7, 11) is 0. The minimum Gasteiger partial charge on any atom is -0.462 e. The molecule has 0 saturated carbocycles. The van der Waals surface area contributed by atoms with Crippen molar-refractivity contribution in [1.82, 2.24) is 15.1 Å². The maximum atomic E-state index is 12.1. The highest BCUT2D eigenvalue weighted by Gasteiger charge is 2.25. The molecule has 0 aromatic heterocycles. The predicted molar refractivity (Wildman–Crippen MR) is 118 cm³/mol. The van der Waals surface area contributed by atoms with Crippen molar-refractivity contribution in [3.63, 3.8) is 0 Å². The fourth-order valence-electron chi connectivity index (χ4n) is 2.95. The Balaban J connectivity index is 1.65. The van der Waals surface area contributed by atoms with Gasteiger partial charge in [0.15, 0.2) is 0 Å². The van der Waals surface area contributed by atoms with Crippen molar-refractivity contribution in [2.45, 2.75) is 39.7 Å². The molecule has 9 heteroatoms. The molecule has 2 N–H and O–H groups in total. The molecule has 0 bridgehead atoms. The first-order chi connectivity index (χ1) is 14.7. The highest BCUT2D eigenvalue weighted by molar-refractivity contribution is 5.92. The van der Waals surface area contributed by atoms with E-state index in [9.17, 15) is 14.4 Å². The van der Waals surface area contributed by atoms with Gasteiger partial charge in [0.05, 0.1) is 12.2 Å². The van der Waals surface area contributed by atoms with Crippen molar-refractivity contribution >= 4 is 23.8 Å². The van der Waals surface area contributed by atoms with Gasteiger partial charge in [0.1, 0.15) is 5.60 Å². The van der Waals surface area contributed by atoms with Crippen molar-refractivity contribution < 1.29 is 23.9 Å². The first-order valence-electron chi connectivity index (χ1n) is 10.7. The number of amides is 3. The third-order valence-corrected chi connectivity index (χ3v) is 4.55. The molecule has 9 nitrogen and oxygen atoms in total. The van der Waals surface area contributed by atoms with Gasteiger partial charge in [-0.15, -0.1) is 0 Å². The Labute approximate surface area is 184 Å². The number of carbonyl (C=O) groups is 3. The molecule has 31 heavy (non-hydrogen) atoms. The summed E-state index contributed by atoms with van der Waals surface area (Å²) < 4.78 is 10.5. The molecule has 1 aromatic rings. The number of hydrogen-bond acceptors (Lipinski definition) is 6. The number of piperazine rings is 1. The Morgan fingerprint density at radius 2 is 1.68 bits per heavy atom. The number of esters is 1. The van der Waals surface area contributed by atoms with Crippen LogP contribution in [-0.4, -0.2) is 79.4 Å². The monoisotopic (exact) mass is 434 g/mol. The van der Waals surface area contributed by atoms with E-state index < -0.39 is 5.60 Å². The van der Waals surface area contributed by atoms with Gasteiger partial charge in [-0.2, -0.15) is 0 Å². The van der Waals surface area contributed by atoms with E-state index in [0.29, 0.717) is 44.0 Å². The topological polar surface area (TPSA) is 100 Å².